The maximum absolute atomic E-state index is 13.6. The number of aryl methyl sites for hydroxylation is 1. The van der Waals surface area contributed by atoms with Crippen LogP contribution in [0.2, 0.25) is 0 Å². The molecular weight excluding hydrogens is 309 g/mol. The Hall–Kier alpha value is -1.88. The summed E-state index contributed by atoms with van der Waals surface area (Å²) in [7, 11) is 0. The lowest BCUT2D eigenvalue weighted by atomic mass is 9.96. The first-order valence-corrected chi connectivity index (χ1v) is 9.09. The van der Waals surface area contributed by atoms with E-state index in [1.165, 1.54) is 38.2 Å². The molecule has 23 heavy (non-hydrogen) atoms. The Morgan fingerprint density at radius 1 is 1.26 bits per heavy atom. The maximum atomic E-state index is 13.6. The van der Waals surface area contributed by atoms with Crippen molar-refractivity contribution in [3.05, 3.63) is 35.1 Å². The highest BCUT2D eigenvalue weighted by Crippen LogP contribution is 2.35. The van der Waals surface area contributed by atoms with Crippen molar-refractivity contribution in [2.24, 2.45) is 0 Å². The number of halogens is 1. The molecule has 2 N–H and O–H groups in total. The van der Waals surface area contributed by atoms with Crippen LogP contribution in [0.5, 0.6) is 0 Å². The summed E-state index contributed by atoms with van der Waals surface area (Å²) in [6.07, 6.45) is 6.41. The molecule has 1 aromatic carbocycles. The molecule has 4 rings (SSSR count). The molecule has 120 valence electrons. The van der Waals surface area contributed by atoms with Crippen LogP contribution in [0.25, 0.3) is 22.2 Å². The average molecular weight is 329 g/mol. The van der Waals surface area contributed by atoms with Crippen LogP contribution in [-0.2, 0) is 0 Å². The van der Waals surface area contributed by atoms with Crippen LogP contribution in [0.15, 0.2) is 23.6 Å². The predicted octanol–water partition coefficient (Wildman–Crippen LogP) is 5.48. The SMILES string of the molecule is Cc1[nH]c2ccc(F)cc2c1-c1csc(NC2CCCCC2)n1. The van der Waals surface area contributed by atoms with E-state index in [0.717, 1.165) is 33.0 Å². The Morgan fingerprint density at radius 3 is 2.91 bits per heavy atom. The Bertz CT molecular complexity index is 830. The number of H-pyrrole nitrogens is 1. The minimum absolute atomic E-state index is 0.214. The number of rotatable bonds is 3. The van der Waals surface area contributed by atoms with Gasteiger partial charge in [-0.25, -0.2) is 9.37 Å². The second-order valence-electron chi connectivity index (χ2n) is 6.33. The van der Waals surface area contributed by atoms with Gasteiger partial charge in [-0.15, -0.1) is 11.3 Å². The lowest BCUT2D eigenvalue weighted by Crippen LogP contribution is -2.21. The van der Waals surface area contributed by atoms with Crippen LogP contribution < -0.4 is 5.32 Å². The van der Waals surface area contributed by atoms with Gasteiger partial charge >= 0.3 is 0 Å². The fourth-order valence-corrected chi connectivity index (χ4v) is 4.28. The molecule has 2 aromatic heterocycles. The second-order valence-corrected chi connectivity index (χ2v) is 7.19. The second kappa shape index (κ2) is 5.96. The van der Waals surface area contributed by atoms with Gasteiger partial charge in [0.25, 0.3) is 0 Å². The molecule has 0 bridgehead atoms. The Morgan fingerprint density at radius 2 is 2.09 bits per heavy atom. The van der Waals surface area contributed by atoms with Crippen LogP contribution in [0.1, 0.15) is 37.8 Å². The highest BCUT2D eigenvalue weighted by atomic mass is 32.1. The van der Waals surface area contributed by atoms with E-state index in [9.17, 15) is 4.39 Å². The Balaban J connectivity index is 1.66. The number of nitrogens with zero attached hydrogens (tertiary/aromatic N) is 1. The van der Waals surface area contributed by atoms with Crippen molar-refractivity contribution in [3.8, 4) is 11.3 Å². The van der Waals surface area contributed by atoms with Crippen LogP contribution >= 0.6 is 11.3 Å². The van der Waals surface area contributed by atoms with Gasteiger partial charge in [-0.05, 0) is 38.0 Å². The molecule has 1 aliphatic rings. The van der Waals surface area contributed by atoms with Crippen molar-refractivity contribution >= 4 is 27.4 Å². The number of nitrogens with one attached hydrogen (secondary N) is 2. The molecule has 0 saturated heterocycles. The van der Waals surface area contributed by atoms with Crippen molar-refractivity contribution in [1.29, 1.82) is 0 Å². The maximum Gasteiger partial charge on any atom is 0.183 e. The molecule has 3 nitrogen and oxygen atoms in total. The summed E-state index contributed by atoms with van der Waals surface area (Å²) in [5.41, 5.74) is 3.91. The van der Waals surface area contributed by atoms with Gasteiger partial charge in [0.05, 0.1) is 5.69 Å². The zero-order valence-electron chi connectivity index (χ0n) is 13.2. The smallest absolute Gasteiger partial charge is 0.183 e. The van der Waals surface area contributed by atoms with Crippen molar-refractivity contribution in [3.63, 3.8) is 0 Å². The molecule has 5 heteroatoms. The molecule has 0 unspecified atom stereocenters. The quantitative estimate of drug-likeness (QED) is 0.667. The van der Waals surface area contributed by atoms with Crippen molar-refractivity contribution in [2.45, 2.75) is 45.1 Å². The van der Waals surface area contributed by atoms with Crippen molar-refractivity contribution in [2.75, 3.05) is 5.32 Å². The monoisotopic (exact) mass is 329 g/mol. The Labute approximate surface area is 139 Å². The van der Waals surface area contributed by atoms with Crippen LogP contribution in [0.4, 0.5) is 9.52 Å². The van der Waals surface area contributed by atoms with Gasteiger partial charge < -0.3 is 10.3 Å². The summed E-state index contributed by atoms with van der Waals surface area (Å²) in [4.78, 5) is 8.07. The molecular formula is C18H20FN3S. The molecule has 3 aromatic rings. The van der Waals surface area contributed by atoms with E-state index in [0.29, 0.717) is 6.04 Å². The zero-order chi connectivity index (χ0) is 15.8. The van der Waals surface area contributed by atoms with E-state index in [4.69, 9.17) is 4.98 Å². The van der Waals surface area contributed by atoms with Crippen LogP contribution in [0, 0.1) is 12.7 Å². The third-order valence-electron chi connectivity index (χ3n) is 4.64. The molecule has 1 fully saturated rings. The van der Waals surface area contributed by atoms with Crippen LogP contribution in [-0.4, -0.2) is 16.0 Å². The van der Waals surface area contributed by atoms with E-state index in [2.05, 4.69) is 15.7 Å². The molecule has 0 radical (unpaired) electrons. The topological polar surface area (TPSA) is 40.7 Å². The fourth-order valence-electron chi connectivity index (χ4n) is 3.51. The first kappa shape index (κ1) is 14.7. The standard InChI is InChI=1S/C18H20FN3S/c1-11-17(14-9-12(19)7-8-15(14)20-11)16-10-23-18(22-16)21-13-5-3-2-4-6-13/h7-10,13,20H,2-6H2,1H3,(H,21,22). The summed E-state index contributed by atoms with van der Waals surface area (Å²) in [6.45, 7) is 2.01. The van der Waals surface area contributed by atoms with E-state index in [1.807, 2.05) is 6.92 Å². The number of fused-ring (bicyclic) bond motifs is 1. The number of aromatic nitrogens is 2. The van der Waals surface area contributed by atoms with E-state index in [1.54, 1.807) is 23.5 Å². The van der Waals surface area contributed by atoms with Gasteiger partial charge in [-0.2, -0.15) is 0 Å². The number of benzene rings is 1. The number of hydrogen-bond acceptors (Lipinski definition) is 3. The summed E-state index contributed by atoms with van der Waals surface area (Å²) in [6, 6.07) is 5.40. The highest BCUT2D eigenvalue weighted by molar-refractivity contribution is 7.14. The van der Waals surface area contributed by atoms with E-state index < -0.39 is 0 Å². The normalized spacial score (nSPS) is 16.1. The highest BCUT2D eigenvalue weighted by Gasteiger charge is 2.17. The van der Waals surface area contributed by atoms with Gasteiger partial charge in [0.2, 0.25) is 0 Å². The Kier molecular flexibility index (Phi) is 3.81. The van der Waals surface area contributed by atoms with E-state index >= 15 is 0 Å². The van der Waals surface area contributed by atoms with Crippen molar-refractivity contribution < 1.29 is 4.39 Å². The summed E-state index contributed by atoms with van der Waals surface area (Å²) in [5.74, 6) is -0.214. The van der Waals surface area contributed by atoms with Gasteiger partial charge in [0.15, 0.2) is 5.13 Å². The summed E-state index contributed by atoms with van der Waals surface area (Å²) >= 11 is 1.63. The number of thiazole rings is 1. The summed E-state index contributed by atoms with van der Waals surface area (Å²) in [5, 5.41) is 7.50. The molecule has 1 saturated carbocycles. The third kappa shape index (κ3) is 2.85. The summed E-state index contributed by atoms with van der Waals surface area (Å²) < 4.78 is 13.6. The number of hydrogen-bond donors (Lipinski definition) is 2. The molecule has 1 aliphatic carbocycles. The van der Waals surface area contributed by atoms with Crippen molar-refractivity contribution in [1.82, 2.24) is 9.97 Å². The largest absolute Gasteiger partial charge is 0.359 e. The molecule has 2 heterocycles. The molecule has 0 amide bonds. The minimum atomic E-state index is -0.214. The molecule has 0 aliphatic heterocycles. The van der Waals surface area contributed by atoms with Gasteiger partial charge in [-0.3, -0.25) is 0 Å². The predicted molar refractivity (Wildman–Crippen MR) is 94.6 cm³/mol. The average Bonchev–Trinajstić information content (AvgIpc) is 3.11. The van der Waals surface area contributed by atoms with Gasteiger partial charge in [0, 0.05) is 33.6 Å². The fraction of sp³-hybridized carbons (Fsp3) is 0.389. The first-order valence-electron chi connectivity index (χ1n) is 8.21. The van der Waals surface area contributed by atoms with Gasteiger partial charge in [0.1, 0.15) is 5.82 Å². The number of anilines is 1. The van der Waals surface area contributed by atoms with Crippen LogP contribution in [0.3, 0.4) is 0 Å². The minimum Gasteiger partial charge on any atom is -0.359 e. The van der Waals surface area contributed by atoms with Gasteiger partial charge in [-0.1, -0.05) is 19.3 Å². The first-order chi connectivity index (χ1) is 11.2. The lowest BCUT2D eigenvalue weighted by molar-refractivity contribution is 0.462. The molecule has 0 atom stereocenters. The lowest BCUT2D eigenvalue weighted by Gasteiger charge is -2.22. The third-order valence-corrected chi connectivity index (χ3v) is 5.41. The van der Waals surface area contributed by atoms with E-state index in [-0.39, 0.29) is 5.82 Å². The zero-order valence-corrected chi connectivity index (χ0v) is 14.0. The molecule has 0 spiro atoms. The number of aromatic amines is 1.